The molecule has 1 amide bonds. The summed E-state index contributed by atoms with van der Waals surface area (Å²) in [6.45, 7) is 7.76. The highest BCUT2D eigenvalue weighted by atomic mass is 16.6. The standard InChI is InChI=1S/C8H19N3O2/c1-6(11-9)5-10-7(12)13-8(2,3)4/h6,11H,5,9H2,1-4H3,(H,10,12). The number of amides is 1. The quantitative estimate of drug-likeness (QED) is 0.442. The molecule has 0 saturated carbocycles. The number of rotatable bonds is 3. The zero-order valence-corrected chi connectivity index (χ0v) is 8.68. The van der Waals surface area contributed by atoms with Gasteiger partial charge in [-0.15, -0.1) is 0 Å². The number of hydrogen-bond donors (Lipinski definition) is 3. The third-order valence-corrected chi connectivity index (χ3v) is 1.24. The number of carbonyl (C=O) groups is 1. The Kier molecular flexibility index (Phi) is 4.72. The van der Waals surface area contributed by atoms with E-state index in [1.807, 2.05) is 27.7 Å². The maximum absolute atomic E-state index is 11.1. The molecule has 0 aromatic carbocycles. The van der Waals surface area contributed by atoms with Crippen molar-refractivity contribution in [2.45, 2.75) is 39.3 Å². The number of hydrogen-bond acceptors (Lipinski definition) is 4. The van der Waals surface area contributed by atoms with Gasteiger partial charge < -0.3 is 10.1 Å². The van der Waals surface area contributed by atoms with Crippen molar-refractivity contribution in [3.8, 4) is 0 Å². The Bertz CT molecular complexity index is 165. The molecule has 5 nitrogen and oxygen atoms in total. The molecule has 78 valence electrons. The molecule has 0 aromatic rings. The van der Waals surface area contributed by atoms with Gasteiger partial charge in [0.05, 0.1) is 0 Å². The highest BCUT2D eigenvalue weighted by Gasteiger charge is 2.15. The second-order valence-corrected chi connectivity index (χ2v) is 3.95. The average Bonchev–Trinajstić information content (AvgIpc) is 1.97. The minimum Gasteiger partial charge on any atom is -0.444 e. The molecule has 13 heavy (non-hydrogen) atoms. The molecular formula is C8H19N3O2. The van der Waals surface area contributed by atoms with Gasteiger partial charge in [-0.1, -0.05) is 0 Å². The van der Waals surface area contributed by atoms with Crippen molar-refractivity contribution >= 4 is 6.09 Å². The normalized spacial score (nSPS) is 13.6. The molecule has 0 rings (SSSR count). The fourth-order valence-electron chi connectivity index (χ4n) is 0.610. The second-order valence-electron chi connectivity index (χ2n) is 3.95. The van der Waals surface area contributed by atoms with E-state index in [4.69, 9.17) is 10.6 Å². The molecule has 0 heterocycles. The number of hydrazine groups is 1. The summed E-state index contributed by atoms with van der Waals surface area (Å²) < 4.78 is 5.01. The molecule has 0 aliphatic carbocycles. The summed E-state index contributed by atoms with van der Waals surface area (Å²) in [6.07, 6.45) is -0.422. The molecule has 0 aliphatic heterocycles. The van der Waals surface area contributed by atoms with Crippen LogP contribution in [0.5, 0.6) is 0 Å². The topological polar surface area (TPSA) is 76.4 Å². The Balaban J connectivity index is 3.64. The van der Waals surface area contributed by atoms with E-state index in [-0.39, 0.29) is 6.04 Å². The van der Waals surface area contributed by atoms with Crippen LogP contribution in [0.4, 0.5) is 4.79 Å². The maximum atomic E-state index is 11.1. The lowest BCUT2D eigenvalue weighted by molar-refractivity contribution is 0.0523. The van der Waals surface area contributed by atoms with Crippen molar-refractivity contribution in [1.29, 1.82) is 0 Å². The van der Waals surface area contributed by atoms with Gasteiger partial charge in [-0.05, 0) is 27.7 Å². The summed E-state index contributed by atoms with van der Waals surface area (Å²) >= 11 is 0. The van der Waals surface area contributed by atoms with Crippen molar-refractivity contribution in [3.05, 3.63) is 0 Å². The number of alkyl carbamates (subject to hydrolysis) is 1. The molecule has 0 spiro atoms. The van der Waals surface area contributed by atoms with Crippen LogP contribution >= 0.6 is 0 Å². The first-order valence-corrected chi connectivity index (χ1v) is 4.28. The lowest BCUT2D eigenvalue weighted by Gasteiger charge is -2.20. The Morgan fingerprint density at radius 3 is 2.46 bits per heavy atom. The van der Waals surface area contributed by atoms with E-state index in [9.17, 15) is 4.79 Å². The molecule has 0 aromatic heterocycles. The molecule has 0 saturated heterocycles. The maximum Gasteiger partial charge on any atom is 0.407 e. The van der Waals surface area contributed by atoms with Crippen LogP contribution in [0.1, 0.15) is 27.7 Å². The summed E-state index contributed by atoms with van der Waals surface area (Å²) in [5, 5.41) is 2.59. The van der Waals surface area contributed by atoms with Crippen molar-refractivity contribution in [2.24, 2.45) is 5.84 Å². The van der Waals surface area contributed by atoms with Gasteiger partial charge in [-0.2, -0.15) is 0 Å². The van der Waals surface area contributed by atoms with E-state index in [1.165, 1.54) is 0 Å². The van der Waals surface area contributed by atoms with Gasteiger partial charge in [0.2, 0.25) is 0 Å². The van der Waals surface area contributed by atoms with E-state index in [0.717, 1.165) is 0 Å². The summed E-state index contributed by atoms with van der Waals surface area (Å²) in [4.78, 5) is 11.1. The highest BCUT2D eigenvalue weighted by molar-refractivity contribution is 5.67. The first-order chi connectivity index (χ1) is 5.85. The molecular weight excluding hydrogens is 170 g/mol. The van der Waals surface area contributed by atoms with Gasteiger partial charge in [-0.25, -0.2) is 4.79 Å². The summed E-state index contributed by atoms with van der Waals surface area (Å²) in [6, 6.07) is 0.0347. The number of nitrogens with two attached hydrogens (primary N) is 1. The SMILES string of the molecule is CC(CNC(=O)OC(C)(C)C)NN. The highest BCUT2D eigenvalue weighted by Crippen LogP contribution is 2.06. The third-order valence-electron chi connectivity index (χ3n) is 1.24. The fourth-order valence-corrected chi connectivity index (χ4v) is 0.610. The van der Waals surface area contributed by atoms with Crippen LogP contribution in [-0.4, -0.2) is 24.3 Å². The van der Waals surface area contributed by atoms with Crippen LogP contribution in [0.25, 0.3) is 0 Å². The third kappa shape index (κ3) is 7.55. The van der Waals surface area contributed by atoms with E-state index in [2.05, 4.69) is 10.7 Å². The Morgan fingerprint density at radius 1 is 1.54 bits per heavy atom. The number of ether oxygens (including phenoxy) is 1. The Morgan fingerprint density at radius 2 is 2.08 bits per heavy atom. The predicted octanol–water partition coefficient (Wildman–Crippen LogP) is 0.363. The second kappa shape index (κ2) is 5.04. The summed E-state index contributed by atoms with van der Waals surface area (Å²) in [5.74, 6) is 5.14. The monoisotopic (exact) mass is 189 g/mol. The largest absolute Gasteiger partial charge is 0.444 e. The van der Waals surface area contributed by atoms with E-state index in [1.54, 1.807) is 0 Å². The van der Waals surface area contributed by atoms with Crippen LogP contribution in [0.3, 0.4) is 0 Å². The summed E-state index contributed by atoms with van der Waals surface area (Å²) in [5.41, 5.74) is 2.06. The Hall–Kier alpha value is -0.810. The van der Waals surface area contributed by atoms with Gasteiger partial charge in [0, 0.05) is 12.6 Å². The van der Waals surface area contributed by atoms with Crippen molar-refractivity contribution in [3.63, 3.8) is 0 Å². The van der Waals surface area contributed by atoms with Crippen LogP contribution in [0.15, 0.2) is 0 Å². The molecule has 0 radical (unpaired) electrons. The molecule has 5 heteroatoms. The van der Waals surface area contributed by atoms with Gasteiger partial charge in [0.1, 0.15) is 5.60 Å². The van der Waals surface area contributed by atoms with Gasteiger partial charge in [0.15, 0.2) is 0 Å². The number of carbonyl (C=O) groups excluding carboxylic acids is 1. The molecule has 4 N–H and O–H groups in total. The van der Waals surface area contributed by atoms with Crippen LogP contribution in [0.2, 0.25) is 0 Å². The Labute approximate surface area is 79.0 Å². The van der Waals surface area contributed by atoms with Crippen molar-refractivity contribution in [2.75, 3.05) is 6.54 Å². The first-order valence-electron chi connectivity index (χ1n) is 4.28. The van der Waals surface area contributed by atoms with Crippen molar-refractivity contribution < 1.29 is 9.53 Å². The van der Waals surface area contributed by atoms with E-state index in [0.29, 0.717) is 6.54 Å². The number of nitrogens with one attached hydrogen (secondary N) is 2. The lowest BCUT2D eigenvalue weighted by atomic mass is 10.2. The van der Waals surface area contributed by atoms with Crippen LogP contribution in [0, 0.1) is 0 Å². The zero-order valence-electron chi connectivity index (χ0n) is 8.68. The lowest BCUT2D eigenvalue weighted by Crippen LogP contribution is -2.43. The molecule has 1 atom stereocenters. The average molecular weight is 189 g/mol. The van der Waals surface area contributed by atoms with E-state index >= 15 is 0 Å². The van der Waals surface area contributed by atoms with Crippen LogP contribution in [-0.2, 0) is 4.74 Å². The van der Waals surface area contributed by atoms with Crippen molar-refractivity contribution in [1.82, 2.24) is 10.7 Å². The van der Waals surface area contributed by atoms with Gasteiger partial charge in [-0.3, -0.25) is 11.3 Å². The van der Waals surface area contributed by atoms with Gasteiger partial charge >= 0.3 is 6.09 Å². The smallest absolute Gasteiger partial charge is 0.407 e. The zero-order chi connectivity index (χ0) is 10.5. The van der Waals surface area contributed by atoms with E-state index < -0.39 is 11.7 Å². The van der Waals surface area contributed by atoms with Crippen LogP contribution < -0.4 is 16.6 Å². The van der Waals surface area contributed by atoms with Gasteiger partial charge in [0.25, 0.3) is 0 Å². The minimum absolute atomic E-state index is 0.0347. The fraction of sp³-hybridized carbons (Fsp3) is 0.875. The minimum atomic E-state index is -0.455. The summed E-state index contributed by atoms with van der Waals surface area (Å²) in [7, 11) is 0. The molecule has 0 bridgehead atoms. The molecule has 1 unspecified atom stereocenters. The predicted molar refractivity (Wildman–Crippen MR) is 51.0 cm³/mol. The molecule has 0 aliphatic rings. The molecule has 0 fully saturated rings. The first kappa shape index (κ1) is 12.2.